The molecule has 0 saturated heterocycles. The lowest BCUT2D eigenvalue weighted by atomic mass is 10.0. The first-order chi connectivity index (χ1) is 14.2. The molecule has 0 bridgehead atoms. The number of anilines is 1. The van der Waals surface area contributed by atoms with Crippen LogP contribution in [0.2, 0.25) is 0 Å². The fourth-order valence-corrected chi connectivity index (χ4v) is 3.31. The number of carbonyl (C=O) groups excluding carboxylic acids is 2. The number of aromatic nitrogens is 1. The molecule has 0 saturated carbocycles. The first-order valence-corrected chi connectivity index (χ1v) is 9.47. The summed E-state index contributed by atoms with van der Waals surface area (Å²) in [5, 5.41) is 6.83. The van der Waals surface area contributed by atoms with Gasteiger partial charge >= 0.3 is 0 Å². The smallest absolute Gasteiger partial charge is 0.251 e. The van der Waals surface area contributed by atoms with Crippen molar-refractivity contribution in [2.45, 2.75) is 12.5 Å². The lowest BCUT2D eigenvalue weighted by Crippen LogP contribution is -2.45. The summed E-state index contributed by atoms with van der Waals surface area (Å²) in [6.07, 6.45) is 2.27. The van der Waals surface area contributed by atoms with Crippen molar-refractivity contribution >= 4 is 28.4 Å². The predicted octanol–water partition coefficient (Wildman–Crippen LogP) is 4.15. The van der Waals surface area contributed by atoms with Gasteiger partial charge in [-0.3, -0.25) is 9.59 Å². The molecule has 1 atom stereocenters. The Hall–Kier alpha value is -3.86. The molecule has 0 fully saturated rings. The highest BCUT2D eigenvalue weighted by molar-refractivity contribution is 6.01. The number of rotatable bonds is 6. The fourth-order valence-electron chi connectivity index (χ4n) is 3.31. The quantitative estimate of drug-likeness (QED) is 0.468. The van der Waals surface area contributed by atoms with Crippen LogP contribution in [0.3, 0.4) is 0 Å². The zero-order chi connectivity index (χ0) is 20.1. The Balaban J connectivity index is 1.59. The Morgan fingerprint density at radius 1 is 0.828 bits per heavy atom. The van der Waals surface area contributed by atoms with Crippen LogP contribution >= 0.6 is 0 Å². The number of benzene rings is 3. The highest BCUT2D eigenvalue weighted by Gasteiger charge is 2.23. The van der Waals surface area contributed by atoms with Crippen LogP contribution < -0.4 is 10.6 Å². The molecule has 5 nitrogen and oxygen atoms in total. The van der Waals surface area contributed by atoms with Crippen LogP contribution in [-0.2, 0) is 11.2 Å². The van der Waals surface area contributed by atoms with E-state index in [1.165, 1.54) is 0 Å². The maximum Gasteiger partial charge on any atom is 0.251 e. The number of amides is 2. The third-order valence-electron chi connectivity index (χ3n) is 4.80. The van der Waals surface area contributed by atoms with Crippen LogP contribution in [0.5, 0.6) is 0 Å². The summed E-state index contributed by atoms with van der Waals surface area (Å²) in [7, 11) is 0. The molecule has 4 aromatic rings. The SMILES string of the molecule is O=C(N[C@@H](Cc1c[nH]c2ccccc12)C(=O)Nc1ccccc1)c1ccccc1. The molecular formula is C24H21N3O2. The topological polar surface area (TPSA) is 74.0 Å². The van der Waals surface area contributed by atoms with Crippen LogP contribution in [0, 0.1) is 0 Å². The van der Waals surface area contributed by atoms with Gasteiger partial charge in [-0.05, 0) is 35.9 Å². The van der Waals surface area contributed by atoms with Crippen molar-refractivity contribution in [2.24, 2.45) is 0 Å². The van der Waals surface area contributed by atoms with E-state index in [1.54, 1.807) is 24.3 Å². The van der Waals surface area contributed by atoms with E-state index in [0.29, 0.717) is 17.7 Å². The molecule has 5 heteroatoms. The average Bonchev–Trinajstić information content (AvgIpc) is 3.17. The van der Waals surface area contributed by atoms with E-state index >= 15 is 0 Å². The molecule has 29 heavy (non-hydrogen) atoms. The van der Waals surface area contributed by atoms with E-state index in [9.17, 15) is 9.59 Å². The van der Waals surface area contributed by atoms with E-state index in [-0.39, 0.29) is 11.8 Å². The first-order valence-electron chi connectivity index (χ1n) is 9.47. The number of hydrogen-bond donors (Lipinski definition) is 3. The number of H-pyrrole nitrogens is 1. The highest BCUT2D eigenvalue weighted by atomic mass is 16.2. The van der Waals surface area contributed by atoms with Gasteiger partial charge in [-0.1, -0.05) is 54.6 Å². The number of para-hydroxylation sites is 2. The number of carbonyl (C=O) groups is 2. The summed E-state index contributed by atoms with van der Waals surface area (Å²) in [5.74, 6) is -0.538. The van der Waals surface area contributed by atoms with Crippen LogP contribution in [0.25, 0.3) is 10.9 Å². The zero-order valence-electron chi connectivity index (χ0n) is 15.8. The Labute approximate surface area is 168 Å². The molecule has 2 amide bonds. The monoisotopic (exact) mass is 383 g/mol. The average molecular weight is 383 g/mol. The van der Waals surface area contributed by atoms with Crippen LogP contribution in [0.15, 0.2) is 91.1 Å². The van der Waals surface area contributed by atoms with Gasteiger partial charge in [-0.2, -0.15) is 0 Å². The second-order valence-electron chi connectivity index (χ2n) is 6.81. The van der Waals surface area contributed by atoms with Crippen molar-refractivity contribution in [3.8, 4) is 0 Å². The van der Waals surface area contributed by atoms with E-state index < -0.39 is 6.04 Å². The van der Waals surface area contributed by atoms with Crippen molar-refractivity contribution in [2.75, 3.05) is 5.32 Å². The largest absolute Gasteiger partial charge is 0.361 e. The van der Waals surface area contributed by atoms with Gasteiger partial charge in [0, 0.05) is 34.8 Å². The van der Waals surface area contributed by atoms with Crippen molar-refractivity contribution in [3.63, 3.8) is 0 Å². The molecule has 3 aromatic carbocycles. The standard InChI is InChI=1S/C24H21N3O2/c28-23(17-9-3-1-4-10-17)27-22(24(29)26-19-11-5-2-6-12-19)15-18-16-25-21-14-8-7-13-20(18)21/h1-14,16,22,25H,15H2,(H,26,29)(H,27,28)/t22-/m0/s1. The van der Waals surface area contributed by atoms with Gasteiger partial charge in [0.1, 0.15) is 6.04 Å². The van der Waals surface area contributed by atoms with Gasteiger partial charge in [0.25, 0.3) is 5.91 Å². The van der Waals surface area contributed by atoms with Gasteiger partial charge in [-0.25, -0.2) is 0 Å². The molecular weight excluding hydrogens is 362 g/mol. The van der Waals surface area contributed by atoms with Crippen molar-refractivity contribution in [1.82, 2.24) is 10.3 Å². The van der Waals surface area contributed by atoms with Gasteiger partial charge in [0.2, 0.25) is 5.91 Å². The summed E-state index contributed by atoms with van der Waals surface area (Å²) >= 11 is 0. The minimum atomic E-state index is -0.720. The number of aromatic amines is 1. The van der Waals surface area contributed by atoms with Crippen molar-refractivity contribution < 1.29 is 9.59 Å². The molecule has 0 spiro atoms. The van der Waals surface area contributed by atoms with Gasteiger partial charge in [0.05, 0.1) is 0 Å². The summed E-state index contributed by atoms with van der Waals surface area (Å²) in [5.41, 5.74) is 3.18. The van der Waals surface area contributed by atoms with E-state index in [4.69, 9.17) is 0 Å². The summed E-state index contributed by atoms with van der Waals surface area (Å²) in [4.78, 5) is 28.9. The molecule has 144 valence electrons. The maximum absolute atomic E-state index is 13.0. The molecule has 0 aliphatic heterocycles. The van der Waals surface area contributed by atoms with E-state index in [2.05, 4.69) is 15.6 Å². The normalized spacial score (nSPS) is 11.7. The molecule has 1 aromatic heterocycles. The Bertz CT molecular complexity index is 1120. The third kappa shape index (κ3) is 4.35. The number of nitrogens with one attached hydrogen (secondary N) is 3. The summed E-state index contributed by atoms with van der Waals surface area (Å²) in [6, 6.07) is 25.3. The summed E-state index contributed by atoms with van der Waals surface area (Å²) in [6.45, 7) is 0. The molecule has 3 N–H and O–H groups in total. The molecule has 1 heterocycles. The van der Waals surface area contributed by atoms with Gasteiger partial charge in [0.15, 0.2) is 0 Å². The van der Waals surface area contributed by atoms with Gasteiger partial charge < -0.3 is 15.6 Å². The van der Waals surface area contributed by atoms with Crippen molar-refractivity contribution in [1.29, 1.82) is 0 Å². The maximum atomic E-state index is 13.0. The lowest BCUT2D eigenvalue weighted by molar-refractivity contribution is -0.118. The Morgan fingerprint density at radius 3 is 2.24 bits per heavy atom. The van der Waals surface area contributed by atoms with Crippen LogP contribution in [0.1, 0.15) is 15.9 Å². The van der Waals surface area contributed by atoms with Crippen LogP contribution in [0.4, 0.5) is 5.69 Å². The van der Waals surface area contributed by atoms with E-state index in [0.717, 1.165) is 16.5 Å². The second kappa shape index (κ2) is 8.44. The molecule has 0 radical (unpaired) electrons. The zero-order valence-corrected chi connectivity index (χ0v) is 15.8. The van der Waals surface area contributed by atoms with Crippen molar-refractivity contribution in [3.05, 3.63) is 102 Å². The number of fused-ring (bicyclic) bond motifs is 1. The molecule has 0 aliphatic rings. The van der Waals surface area contributed by atoms with E-state index in [1.807, 2.05) is 66.9 Å². The lowest BCUT2D eigenvalue weighted by Gasteiger charge is -2.18. The summed E-state index contributed by atoms with van der Waals surface area (Å²) < 4.78 is 0. The Morgan fingerprint density at radius 2 is 1.48 bits per heavy atom. The predicted molar refractivity (Wildman–Crippen MR) is 115 cm³/mol. The molecule has 4 rings (SSSR count). The molecule has 0 unspecified atom stereocenters. The Kier molecular flexibility index (Phi) is 5.38. The minimum absolute atomic E-state index is 0.259. The van der Waals surface area contributed by atoms with Crippen LogP contribution in [-0.4, -0.2) is 22.8 Å². The molecule has 0 aliphatic carbocycles. The van der Waals surface area contributed by atoms with Gasteiger partial charge in [-0.15, -0.1) is 0 Å². The first kappa shape index (κ1) is 18.5. The minimum Gasteiger partial charge on any atom is -0.361 e. The second-order valence-corrected chi connectivity index (χ2v) is 6.81. The fraction of sp³-hybridized carbons (Fsp3) is 0.0833. The highest BCUT2D eigenvalue weighted by Crippen LogP contribution is 2.20. The third-order valence-corrected chi connectivity index (χ3v) is 4.80. The number of hydrogen-bond acceptors (Lipinski definition) is 2.